The fourth-order valence-electron chi connectivity index (χ4n) is 1.74. The van der Waals surface area contributed by atoms with Crippen LogP contribution in [0.5, 0.6) is 17.5 Å². The van der Waals surface area contributed by atoms with Crippen molar-refractivity contribution in [3.05, 3.63) is 41.5 Å². The fraction of sp³-hybridized carbons (Fsp3) is 0.312. The Kier molecular flexibility index (Phi) is 4.13. The first-order chi connectivity index (χ1) is 9.45. The van der Waals surface area contributed by atoms with Crippen molar-refractivity contribution in [2.75, 3.05) is 5.73 Å². The van der Waals surface area contributed by atoms with E-state index in [1.807, 2.05) is 45.9 Å². The minimum Gasteiger partial charge on any atom is -0.473 e. The summed E-state index contributed by atoms with van der Waals surface area (Å²) in [4.78, 5) is 4.31. The number of ether oxygens (including phenoxy) is 2. The van der Waals surface area contributed by atoms with E-state index in [2.05, 4.69) is 4.98 Å². The van der Waals surface area contributed by atoms with Crippen molar-refractivity contribution in [2.45, 2.75) is 33.8 Å². The van der Waals surface area contributed by atoms with Gasteiger partial charge in [0.15, 0.2) is 0 Å². The van der Waals surface area contributed by atoms with Gasteiger partial charge in [-0.15, -0.1) is 0 Å². The van der Waals surface area contributed by atoms with Gasteiger partial charge in [0, 0.05) is 6.07 Å². The van der Waals surface area contributed by atoms with Crippen LogP contribution < -0.4 is 15.2 Å². The highest BCUT2D eigenvalue weighted by Crippen LogP contribution is 2.28. The highest BCUT2D eigenvalue weighted by atomic mass is 16.5. The van der Waals surface area contributed by atoms with Crippen LogP contribution in [-0.2, 0) is 0 Å². The zero-order chi connectivity index (χ0) is 14.7. The third-order valence-electron chi connectivity index (χ3n) is 2.77. The Morgan fingerprint density at radius 1 is 1.10 bits per heavy atom. The lowest BCUT2D eigenvalue weighted by molar-refractivity contribution is 0.232. The third kappa shape index (κ3) is 3.41. The Morgan fingerprint density at radius 3 is 2.55 bits per heavy atom. The molecule has 0 radical (unpaired) electrons. The monoisotopic (exact) mass is 272 g/mol. The maximum absolute atomic E-state index is 5.84. The van der Waals surface area contributed by atoms with E-state index in [0.29, 0.717) is 17.4 Å². The van der Waals surface area contributed by atoms with Crippen LogP contribution in [0.2, 0.25) is 0 Å². The predicted molar refractivity (Wildman–Crippen MR) is 80.4 cm³/mol. The number of rotatable bonds is 4. The summed E-state index contributed by atoms with van der Waals surface area (Å²) in [6.45, 7) is 7.88. The van der Waals surface area contributed by atoms with Crippen molar-refractivity contribution in [1.29, 1.82) is 0 Å². The molecule has 1 aromatic heterocycles. The minimum atomic E-state index is 0.0146. The molecular formula is C16H20N2O2. The molecule has 0 aliphatic heterocycles. The van der Waals surface area contributed by atoms with E-state index >= 15 is 0 Å². The standard InChI is InChI=1S/C16H20N2O2/c1-10(2)19-16-13(17)7-8-15(18-16)20-14-9-11(3)5-6-12(14)4/h5-10H,17H2,1-4H3. The van der Waals surface area contributed by atoms with Crippen LogP contribution in [0, 0.1) is 13.8 Å². The average molecular weight is 272 g/mol. The van der Waals surface area contributed by atoms with Gasteiger partial charge in [-0.1, -0.05) is 12.1 Å². The van der Waals surface area contributed by atoms with Crippen molar-refractivity contribution in [3.63, 3.8) is 0 Å². The molecule has 0 aliphatic carbocycles. The van der Waals surface area contributed by atoms with Crippen LogP contribution in [0.15, 0.2) is 30.3 Å². The lowest BCUT2D eigenvalue weighted by Gasteiger charge is -2.13. The zero-order valence-corrected chi connectivity index (χ0v) is 12.3. The first-order valence-electron chi connectivity index (χ1n) is 6.64. The second-order valence-corrected chi connectivity index (χ2v) is 5.08. The summed E-state index contributed by atoms with van der Waals surface area (Å²) in [6, 6.07) is 9.53. The largest absolute Gasteiger partial charge is 0.473 e. The van der Waals surface area contributed by atoms with E-state index in [0.717, 1.165) is 16.9 Å². The first-order valence-corrected chi connectivity index (χ1v) is 6.64. The molecule has 1 heterocycles. The second-order valence-electron chi connectivity index (χ2n) is 5.08. The number of pyridine rings is 1. The number of aryl methyl sites for hydroxylation is 2. The summed E-state index contributed by atoms with van der Waals surface area (Å²) in [6.07, 6.45) is 0.0146. The quantitative estimate of drug-likeness (QED) is 0.918. The maximum Gasteiger partial charge on any atom is 0.240 e. The molecule has 0 aliphatic rings. The molecule has 0 fully saturated rings. The zero-order valence-electron chi connectivity index (χ0n) is 12.3. The number of hydrogen-bond donors (Lipinski definition) is 1. The Labute approximate surface area is 119 Å². The van der Waals surface area contributed by atoms with Gasteiger partial charge in [0.1, 0.15) is 5.75 Å². The van der Waals surface area contributed by atoms with Crippen molar-refractivity contribution >= 4 is 5.69 Å². The molecule has 2 aromatic rings. The van der Waals surface area contributed by atoms with E-state index in [1.165, 1.54) is 0 Å². The van der Waals surface area contributed by atoms with Gasteiger partial charge in [-0.25, -0.2) is 0 Å². The van der Waals surface area contributed by atoms with Gasteiger partial charge < -0.3 is 15.2 Å². The Morgan fingerprint density at radius 2 is 1.85 bits per heavy atom. The van der Waals surface area contributed by atoms with Gasteiger partial charge >= 0.3 is 0 Å². The van der Waals surface area contributed by atoms with Gasteiger partial charge in [-0.3, -0.25) is 0 Å². The number of nitrogens with zero attached hydrogens (tertiary/aromatic N) is 1. The number of nitrogens with two attached hydrogens (primary N) is 1. The molecule has 0 spiro atoms. The van der Waals surface area contributed by atoms with Gasteiger partial charge in [-0.2, -0.15) is 4.98 Å². The Hall–Kier alpha value is -2.23. The molecule has 0 saturated carbocycles. The number of benzene rings is 1. The number of hydrogen-bond acceptors (Lipinski definition) is 4. The van der Waals surface area contributed by atoms with E-state index < -0.39 is 0 Å². The molecule has 0 saturated heterocycles. The molecule has 4 nitrogen and oxygen atoms in total. The topological polar surface area (TPSA) is 57.4 Å². The summed E-state index contributed by atoms with van der Waals surface area (Å²) in [7, 11) is 0. The molecule has 4 heteroatoms. The molecule has 0 amide bonds. The van der Waals surface area contributed by atoms with Crippen LogP contribution in [0.25, 0.3) is 0 Å². The van der Waals surface area contributed by atoms with Gasteiger partial charge in [0.2, 0.25) is 11.8 Å². The van der Waals surface area contributed by atoms with Crippen molar-refractivity contribution in [1.82, 2.24) is 4.98 Å². The molecule has 0 unspecified atom stereocenters. The predicted octanol–water partition coefficient (Wildman–Crippen LogP) is 3.86. The highest BCUT2D eigenvalue weighted by Gasteiger charge is 2.09. The van der Waals surface area contributed by atoms with Crippen LogP contribution in [0.1, 0.15) is 25.0 Å². The maximum atomic E-state index is 5.84. The Bertz CT molecular complexity index is 609. The minimum absolute atomic E-state index is 0.0146. The normalized spacial score (nSPS) is 10.7. The first kappa shape index (κ1) is 14.2. The van der Waals surface area contributed by atoms with Gasteiger partial charge in [0.25, 0.3) is 0 Å². The van der Waals surface area contributed by atoms with E-state index in [4.69, 9.17) is 15.2 Å². The SMILES string of the molecule is Cc1ccc(C)c(Oc2ccc(N)c(OC(C)C)n2)c1. The molecule has 2 N–H and O–H groups in total. The second kappa shape index (κ2) is 5.82. The molecule has 20 heavy (non-hydrogen) atoms. The number of aromatic nitrogens is 1. The Balaban J connectivity index is 2.27. The smallest absolute Gasteiger partial charge is 0.240 e. The van der Waals surface area contributed by atoms with Crippen LogP contribution in [0.3, 0.4) is 0 Å². The van der Waals surface area contributed by atoms with Crippen molar-refractivity contribution in [3.8, 4) is 17.5 Å². The molecule has 0 atom stereocenters. The lowest BCUT2D eigenvalue weighted by atomic mass is 10.1. The molecule has 106 valence electrons. The van der Waals surface area contributed by atoms with Crippen LogP contribution >= 0.6 is 0 Å². The van der Waals surface area contributed by atoms with E-state index in [9.17, 15) is 0 Å². The van der Waals surface area contributed by atoms with Gasteiger partial charge in [0.05, 0.1) is 11.8 Å². The average Bonchev–Trinajstić information content (AvgIpc) is 2.37. The van der Waals surface area contributed by atoms with Gasteiger partial charge in [-0.05, 0) is 51.0 Å². The number of anilines is 1. The van der Waals surface area contributed by atoms with Crippen LogP contribution in [-0.4, -0.2) is 11.1 Å². The summed E-state index contributed by atoms with van der Waals surface area (Å²) < 4.78 is 11.4. The van der Waals surface area contributed by atoms with Crippen LogP contribution in [0.4, 0.5) is 5.69 Å². The summed E-state index contributed by atoms with van der Waals surface area (Å²) in [5.74, 6) is 1.67. The number of nitrogen functional groups attached to an aromatic ring is 1. The molecular weight excluding hydrogens is 252 g/mol. The van der Waals surface area contributed by atoms with E-state index in [1.54, 1.807) is 12.1 Å². The molecule has 1 aromatic carbocycles. The van der Waals surface area contributed by atoms with Crippen molar-refractivity contribution in [2.24, 2.45) is 0 Å². The fourth-order valence-corrected chi connectivity index (χ4v) is 1.74. The summed E-state index contributed by atoms with van der Waals surface area (Å²) in [5.41, 5.74) is 8.54. The molecule has 0 bridgehead atoms. The van der Waals surface area contributed by atoms with E-state index in [-0.39, 0.29) is 6.10 Å². The molecule has 2 rings (SSSR count). The summed E-state index contributed by atoms with van der Waals surface area (Å²) in [5, 5.41) is 0. The van der Waals surface area contributed by atoms with Crippen molar-refractivity contribution < 1.29 is 9.47 Å². The lowest BCUT2D eigenvalue weighted by Crippen LogP contribution is -2.09. The summed E-state index contributed by atoms with van der Waals surface area (Å²) >= 11 is 0. The third-order valence-corrected chi connectivity index (χ3v) is 2.77. The highest BCUT2D eigenvalue weighted by molar-refractivity contribution is 5.50.